The van der Waals surface area contributed by atoms with Gasteiger partial charge >= 0.3 is 5.97 Å². The van der Waals surface area contributed by atoms with Crippen molar-refractivity contribution in [3.8, 4) is 0 Å². The fraction of sp³-hybridized carbons (Fsp3) is 0.938. The fourth-order valence-corrected chi connectivity index (χ4v) is 2.64. The van der Waals surface area contributed by atoms with Crippen LogP contribution in [-0.4, -0.2) is 49.7 Å². The smallest absolute Gasteiger partial charge is 0.326 e. The highest BCUT2D eigenvalue weighted by molar-refractivity contribution is 5.80. The molecule has 1 rings (SSSR count). The van der Waals surface area contributed by atoms with Gasteiger partial charge in [-0.25, -0.2) is 0 Å². The molecule has 0 aromatic heterocycles. The number of esters is 1. The molecule has 1 unspecified atom stereocenters. The molecule has 0 saturated heterocycles. The van der Waals surface area contributed by atoms with Gasteiger partial charge in [0.05, 0.1) is 6.61 Å². The molecule has 1 aliphatic carbocycles. The van der Waals surface area contributed by atoms with Gasteiger partial charge in [0.2, 0.25) is 0 Å². The first-order chi connectivity index (χ1) is 9.51. The first-order valence-electron chi connectivity index (χ1n) is 8.12. The first-order valence-corrected chi connectivity index (χ1v) is 8.12. The van der Waals surface area contributed by atoms with Crippen molar-refractivity contribution in [2.45, 2.75) is 58.4 Å². The summed E-state index contributed by atoms with van der Waals surface area (Å²) in [5.74, 6) is 0.833. The van der Waals surface area contributed by atoms with Gasteiger partial charge < -0.3 is 15.0 Å². The van der Waals surface area contributed by atoms with E-state index in [0.29, 0.717) is 6.61 Å². The van der Waals surface area contributed by atoms with Crippen LogP contribution in [-0.2, 0) is 9.53 Å². The van der Waals surface area contributed by atoms with E-state index in [4.69, 9.17) is 4.74 Å². The standard InChI is InChI=1S/C16H32N2O2/c1-5-17-16(3,15(19)20-6-2)11-7-8-12-18(4)13-14-9-10-14/h14,17H,5-13H2,1-4H3. The van der Waals surface area contributed by atoms with E-state index < -0.39 is 5.54 Å². The molecule has 0 aromatic rings. The third-order valence-electron chi connectivity index (χ3n) is 4.03. The van der Waals surface area contributed by atoms with Crippen molar-refractivity contribution in [3.05, 3.63) is 0 Å². The van der Waals surface area contributed by atoms with Crippen LogP contribution < -0.4 is 5.32 Å². The minimum atomic E-state index is -0.528. The summed E-state index contributed by atoms with van der Waals surface area (Å²) >= 11 is 0. The highest BCUT2D eigenvalue weighted by atomic mass is 16.5. The number of carbonyl (C=O) groups is 1. The van der Waals surface area contributed by atoms with E-state index in [1.807, 2.05) is 20.8 Å². The Labute approximate surface area is 124 Å². The molecule has 118 valence electrons. The van der Waals surface area contributed by atoms with Crippen molar-refractivity contribution in [2.75, 3.05) is 33.3 Å². The zero-order valence-electron chi connectivity index (χ0n) is 13.7. The Morgan fingerprint density at radius 3 is 2.60 bits per heavy atom. The van der Waals surface area contributed by atoms with Gasteiger partial charge in [-0.2, -0.15) is 0 Å². The number of nitrogens with zero attached hydrogens (tertiary/aromatic N) is 1. The third-order valence-corrected chi connectivity index (χ3v) is 4.03. The van der Waals surface area contributed by atoms with Gasteiger partial charge in [-0.3, -0.25) is 4.79 Å². The summed E-state index contributed by atoms with van der Waals surface area (Å²) in [6, 6.07) is 0. The largest absolute Gasteiger partial charge is 0.465 e. The summed E-state index contributed by atoms with van der Waals surface area (Å²) < 4.78 is 5.19. The van der Waals surface area contributed by atoms with Crippen molar-refractivity contribution in [3.63, 3.8) is 0 Å². The second kappa shape index (κ2) is 8.63. The van der Waals surface area contributed by atoms with Gasteiger partial charge in [0.15, 0.2) is 0 Å². The number of nitrogens with one attached hydrogen (secondary N) is 1. The quantitative estimate of drug-likeness (QED) is 0.467. The van der Waals surface area contributed by atoms with Crippen molar-refractivity contribution >= 4 is 5.97 Å². The molecular weight excluding hydrogens is 252 g/mol. The fourth-order valence-electron chi connectivity index (χ4n) is 2.64. The highest BCUT2D eigenvalue weighted by Gasteiger charge is 2.33. The molecule has 0 spiro atoms. The molecule has 0 aliphatic heterocycles. The molecule has 1 fully saturated rings. The van der Waals surface area contributed by atoms with Crippen LogP contribution in [0.25, 0.3) is 0 Å². The van der Waals surface area contributed by atoms with Gasteiger partial charge in [0.25, 0.3) is 0 Å². The molecule has 1 aliphatic rings. The molecule has 20 heavy (non-hydrogen) atoms. The van der Waals surface area contributed by atoms with Gasteiger partial charge in [-0.1, -0.05) is 6.92 Å². The van der Waals surface area contributed by atoms with Gasteiger partial charge in [0, 0.05) is 6.54 Å². The van der Waals surface area contributed by atoms with Crippen LogP contribution in [0, 0.1) is 5.92 Å². The first kappa shape index (κ1) is 17.4. The van der Waals surface area contributed by atoms with Gasteiger partial charge in [-0.05, 0) is 72.0 Å². The molecule has 0 aromatic carbocycles. The van der Waals surface area contributed by atoms with E-state index in [9.17, 15) is 4.79 Å². The van der Waals surface area contributed by atoms with Crippen LogP contribution in [0.3, 0.4) is 0 Å². The maximum absolute atomic E-state index is 12.0. The molecule has 0 bridgehead atoms. The number of ether oxygens (including phenoxy) is 1. The average Bonchev–Trinajstić information content (AvgIpc) is 3.19. The predicted octanol–water partition coefficient (Wildman–Crippen LogP) is 2.43. The lowest BCUT2D eigenvalue weighted by Crippen LogP contribution is -2.50. The molecule has 0 radical (unpaired) electrons. The SMILES string of the molecule is CCNC(C)(CCCCN(C)CC1CC1)C(=O)OCC. The van der Waals surface area contributed by atoms with Crippen LogP contribution in [0.1, 0.15) is 52.9 Å². The monoisotopic (exact) mass is 284 g/mol. The van der Waals surface area contributed by atoms with Crippen LogP contribution in [0.2, 0.25) is 0 Å². The van der Waals surface area contributed by atoms with Crippen molar-refractivity contribution in [1.82, 2.24) is 10.2 Å². The maximum atomic E-state index is 12.0. The lowest BCUT2D eigenvalue weighted by atomic mass is 9.94. The summed E-state index contributed by atoms with van der Waals surface area (Å²) in [6.07, 6.45) is 5.86. The Morgan fingerprint density at radius 2 is 2.05 bits per heavy atom. The Kier molecular flexibility index (Phi) is 7.52. The average molecular weight is 284 g/mol. The number of likely N-dealkylation sites (N-methyl/N-ethyl adjacent to an activating group) is 1. The zero-order valence-corrected chi connectivity index (χ0v) is 13.7. The molecule has 0 amide bonds. The second-order valence-electron chi connectivity index (χ2n) is 6.25. The maximum Gasteiger partial charge on any atom is 0.326 e. The molecule has 1 atom stereocenters. The number of unbranched alkanes of at least 4 members (excludes halogenated alkanes) is 1. The summed E-state index contributed by atoms with van der Waals surface area (Å²) in [6.45, 7) is 9.45. The molecule has 1 N–H and O–H groups in total. The number of rotatable bonds is 11. The van der Waals surface area contributed by atoms with Crippen LogP contribution in [0.15, 0.2) is 0 Å². The van der Waals surface area contributed by atoms with Crippen LogP contribution in [0.5, 0.6) is 0 Å². The lowest BCUT2D eigenvalue weighted by molar-refractivity contribution is -0.150. The lowest BCUT2D eigenvalue weighted by Gasteiger charge is -2.28. The van der Waals surface area contributed by atoms with E-state index in [1.54, 1.807) is 0 Å². The van der Waals surface area contributed by atoms with Gasteiger partial charge in [-0.15, -0.1) is 0 Å². The summed E-state index contributed by atoms with van der Waals surface area (Å²) in [5.41, 5.74) is -0.528. The van der Waals surface area contributed by atoms with Crippen LogP contribution >= 0.6 is 0 Å². The molecular formula is C16H32N2O2. The third kappa shape index (κ3) is 6.23. The summed E-state index contributed by atoms with van der Waals surface area (Å²) in [7, 11) is 2.20. The van der Waals surface area contributed by atoms with Crippen molar-refractivity contribution < 1.29 is 9.53 Å². The predicted molar refractivity (Wildman–Crippen MR) is 82.8 cm³/mol. The molecule has 0 heterocycles. The van der Waals surface area contributed by atoms with E-state index in [2.05, 4.69) is 17.3 Å². The topological polar surface area (TPSA) is 41.6 Å². The van der Waals surface area contributed by atoms with Gasteiger partial charge in [0.1, 0.15) is 5.54 Å². The Morgan fingerprint density at radius 1 is 1.35 bits per heavy atom. The Balaban J connectivity index is 2.24. The minimum absolute atomic E-state index is 0.117. The van der Waals surface area contributed by atoms with E-state index in [1.165, 1.54) is 19.4 Å². The highest BCUT2D eigenvalue weighted by Crippen LogP contribution is 2.29. The summed E-state index contributed by atoms with van der Waals surface area (Å²) in [4.78, 5) is 14.5. The molecule has 1 saturated carbocycles. The number of hydrogen-bond acceptors (Lipinski definition) is 4. The van der Waals surface area contributed by atoms with Crippen molar-refractivity contribution in [2.24, 2.45) is 5.92 Å². The number of carbonyl (C=O) groups excluding carboxylic acids is 1. The molecule has 4 nitrogen and oxygen atoms in total. The number of hydrogen-bond donors (Lipinski definition) is 1. The zero-order chi connectivity index (χ0) is 15.0. The van der Waals surface area contributed by atoms with Crippen LogP contribution in [0.4, 0.5) is 0 Å². The summed E-state index contributed by atoms with van der Waals surface area (Å²) in [5, 5.41) is 3.29. The Bertz CT molecular complexity index is 292. The molecule has 4 heteroatoms. The van der Waals surface area contributed by atoms with Crippen molar-refractivity contribution in [1.29, 1.82) is 0 Å². The minimum Gasteiger partial charge on any atom is -0.465 e. The van der Waals surface area contributed by atoms with E-state index in [-0.39, 0.29) is 5.97 Å². The second-order valence-corrected chi connectivity index (χ2v) is 6.25. The Hall–Kier alpha value is -0.610. The normalized spacial score (nSPS) is 18.1. The van der Waals surface area contributed by atoms with E-state index in [0.717, 1.165) is 38.3 Å². The van der Waals surface area contributed by atoms with E-state index >= 15 is 0 Å².